The van der Waals surface area contributed by atoms with Gasteiger partial charge >= 0.3 is 12.0 Å². The molecular weight excluding hydrogens is 388 g/mol. The molecule has 4 atom stereocenters. The number of benzene rings is 2. The molecule has 0 saturated carbocycles. The quantitative estimate of drug-likeness (QED) is 0.664. The Kier molecular flexibility index (Phi) is 4.99. The summed E-state index contributed by atoms with van der Waals surface area (Å²) in [5, 5.41) is 17.5. The molecule has 2 aliphatic rings. The van der Waals surface area contributed by atoms with Crippen LogP contribution >= 0.6 is 0 Å². The number of nitrogens with zero attached hydrogens (tertiary/aromatic N) is 4. The number of para-hydroxylation sites is 2. The number of urea groups is 1. The number of amides is 2. The van der Waals surface area contributed by atoms with Crippen LogP contribution in [-0.2, 0) is 9.47 Å². The summed E-state index contributed by atoms with van der Waals surface area (Å²) in [4.78, 5) is 12.3. The van der Waals surface area contributed by atoms with Crippen molar-refractivity contribution in [3.63, 3.8) is 0 Å². The summed E-state index contributed by atoms with van der Waals surface area (Å²) in [7, 11) is 0. The Morgan fingerprint density at radius 3 is 2.53 bits per heavy atom. The molecule has 10 nitrogen and oxygen atoms in total. The average Bonchev–Trinajstić information content (AvgIpc) is 3.47. The maximum atomic E-state index is 12.3. The van der Waals surface area contributed by atoms with Crippen molar-refractivity contribution < 1.29 is 19.0 Å². The van der Waals surface area contributed by atoms with Gasteiger partial charge in [-0.05, 0) is 34.7 Å². The minimum atomic E-state index is -0.307. The maximum absolute atomic E-state index is 12.3. The van der Waals surface area contributed by atoms with Gasteiger partial charge in [0.25, 0.3) is 0 Å². The fraction of sp³-hybridized carbons (Fsp3) is 0.300. The van der Waals surface area contributed by atoms with Gasteiger partial charge in [0.2, 0.25) is 0 Å². The molecule has 2 saturated heterocycles. The highest BCUT2D eigenvalue weighted by atomic mass is 16.6. The van der Waals surface area contributed by atoms with Gasteiger partial charge in [0.1, 0.15) is 24.0 Å². The Labute approximate surface area is 172 Å². The Bertz CT molecular complexity index is 999. The van der Waals surface area contributed by atoms with Crippen LogP contribution in [0.3, 0.4) is 0 Å². The Morgan fingerprint density at radius 1 is 1.00 bits per heavy atom. The molecule has 0 bridgehead atoms. The highest BCUT2D eigenvalue weighted by Gasteiger charge is 2.50. The van der Waals surface area contributed by atoms with E-state index in [-0.39, 0.29) is 36.3 Å². The van der Waals surface area contributed by atoms with Gasteiger partial charge in [-0.2, -0.15) is 4.68 Å². The lowest BCUT2D eigenvalue weighted by Gasteiger charge is -2.18. The van der Waals surface area contributed by atoms with Crippen molar-refractivity contribution in [3.8, 4) is 11.8 Å². The van der Waals surface area contributed by atoms with Crippen molar-refractivity contribution >= 4 is 11.7 Å². The lowest BCUT2D eigenvalue weighted by Crippen LogP contribution is -2.45. The maximum Gasteiger partial charge on any atom is 0.341 e. The number of ether oxygens (including phenoxy) is 3. The van der Waals surface area contributed by atoms with E-state index in [0.29, 0.717) is 24.7 Å². The van der Waals surface area contributed by atoms with E-state index in [0.717, 1.165) is 0 Å². The first-order valence-electron chi connectivity index (χ1n) is 9.64. The molecule has 3 heterocycles. The fourth-order valence-corrected chi connectivity index (χ4v) is 3.72. The number of carbonyl (C=O) groups excluding carboxylic acids is 1. The van der Waals surface area contributed by atoms with Crippen molar-refractivity contribution in [2.45, 2.75) is 24.3 Å². The van der Waals surface area contributed by atoms with Crippen molar-refractivity contribution in [2.75, 3.05) is 18.5 Å². The van der Waals surface area contributed by atoms with Gasteiger partial charge in [-0.3, -0.25) is 0 Å². The van der Waals surface area contributed by atoms with Gasteiger partial charge < -0.3 is 24.8 Å². The molecule has 0 spiro atoms. The molecule has 0 radical (unpaired) electrons. The van der Waals surface area contributed by atoms with E-state index >= 15 is 0 Å². The van der Waals surface area contributed by atoms with Gasteiger partial charge in [-0.25, -0.2) is 4.79 Å². The molecular formula is C20H20N6O4. The number of nitrogens with one attached hydrogen (secondary N) is 2. The van der Waals surface area contributed by atoms with E-state index in [2.05, 4.69) is 26.2 Å². The van der Waals surface area contributed by atoms with Crippen molar-refractivity contribution in [1.82, 2.24) is 25.5 Å². The van der Waals surface area contributed by atoms with Crippen LogP contribution in [0.2, 0.25) is 0 Å². The number of carbonyl (C=O) groups is 1. The predicted octanol–water partition coefficient (Wildman–Crippen LogP) is 1.99. The van der Waals surface area contributed by atoms with E-state index in [1.165, 1.54) is 0 Å². The van der Waals surface area contributed by atoms with Gasteiger partial charge in [0.05, 0.1) is 19.3 Å². The molecule has 1 aromatic heterocycles. The SMILES string of the molecule is O=C(Nc1ccccc1)NC1COC2C1OCC2n1nnnc1Oc1ccccc1. The molecule has 2 amide bonds. The van der Waals surface area contributed by atoms with E-state index < -0.39 is 0 Å². The molecule has 4 unspecified atom stereocenters. The number of tetrazole rings is 1. The number of rotatable bonds is 5. The smallest absolute Gasteiger partial charge is 0.341 e. The third-order valence-corrected chi connectivity index (χ3v) is 5.10. The fourth-order valence-electron chi connectivity index (χ4n) is 3.72. The first kappa shape index (κ1) is 18.5. The first-order valence-corrected chi connectivity index (χ1v) is 9.64. The summed E-state index contributed by atoms with van der Waals surface area (Å²) < 4.78 is 19.3. The molecule has 3 aromatic rings. The molecule has 2 N–H and O–H groups in total. The minimum absolute atomic E-state index is 0.257. The summed E-state index contributed by atoms with van der Waals surface area (Å²) in [5.74, 6) is 0.633. The number of anilines is 1. The molecule has 10 heteroatoms. The lowest BCUT2D eigenvalue weighted by atomic mass is 10.1. The van der Waals surface area contributed by atoms with Gasteiger partial charge in [-0.15, -0.1) is 0 Å². The van der Waals surface area contributed by atoms with Crippen LogP contribution in [0.25, 0.3) is 0 Å². The molecule has 5 rings (SSSR count). The summed E-state index contributed by atoms with van der Waals surface area (Å²) in [5.41, 5.74) is 0.715. The van der Waals surface area contributed by atoms with Crippen molar-refractivity contribution in [2.24, 2.45) is 0 Å². The Morgan fingerprint density at radius 2 is 1.73 bits per heavy atom. The van der Waals surface area contributed by atoms with Crippen molar-refractivity contribution in [1.29, 1.82) is 0 Å². The Hall–Kier alpha value is -3.50. The van der Waals surface area contributed by atoms with Crippen LogP contribution in [0.5, 0.6) is 11.8 Å². The normalized spacial score (nSPS) is 24.9. The summed E-state index contributed by atoms with van der Waals surface area (Å²) in [6, 6.07) is 18.0. The second-order valence-electron chi connectivity index (χ2n) is 7.06. The number of hydrogen-bond donors (Lipinski definition) is 2. The summed E-state index contributed by atoms with van der Waals surface area (Å²) in [6.45, 7) is 0.690. The molecule has 2 aliphatic heterocycles. The van der Waals surface area contributed by atoms with E-state index in [4.69, 9.17) is 14.2 Å². The van der Waals surface area contributed by atoms with Gasteiger partial charge in [-0.1, -0.05) is 41.5 Å². The molecule has 2 aromatic carbocycles. The van der Waals surface area contributed by atoms with Crippen LogP contribution in [0, 0.1) is 0 Å². The highest BCUT2D eigenvalue weighted by molar-refractivity contribution is 5.89. The largest absolute Gasteiger partial charge is 0.423 e. The van der Waals surface area contributed by atoms with E-state index in [1.807, 2.05) is 60.7 Å². The topological polar surface area (TPSA) is 112 Å². The summed E-state index contributed by atoms with van der Waals surface area (Å²) >= 11 is 0. The number of fused-ring (bicyclic) bond motifs is 1. The average molecular weight is 408 g/mol. The van der Waals surface area contributed by atoms with E-state index in [9.17, 15) is 4.79 Å². The van der Waals surface area contributed by atoms with Crippen LogP contribution < -0.4 is 15.4 Å². The van der Waals surface area contributed by atoms with E-state index in [1.54, 1.807) is 4.68 Å². The third-order valence-electron chi connectivity index (χ3n) is 5.10. The van der Waals surface area contributed by atoms with Crippen molar-refractivity contribution in [3.05, 3.63) is 60.7 Å². The minimum Gasteiger partial charge on any atom is -0.423 e. The zero-order valence-corrected chi connectivity index (χ0v) is 15.9. The van der Waals surface area contributed by atoms with Crippen LogP contribution in [0.4, 0.5) is 10.5 Å². The molecule has 0 aliphatic carbocycles. The van der Waals surface area contributed by atoms with Crippen LogP contribution in [0.15, 0.2) is 60.7 Å². The number of hydrogen-bond acceptors (Lipinski definition) is 7. The zero-order valence-electron chi connectivity index (χ0n) is 15.9. The molecule has 154 valence electrons. The second-order valence-corrected chi connectivity index (χ2v) is 7.06. The van der Waals surface area contributed by atoms with Crippen LogP contribution in [0.1, 0.15) is 6.04 Å². The standard InChI is InChI=1S/C20H20N6O4/c27-19(21-13-7-3-1-4-8-13)22-15-11-28-18-16(12-29-17(15)18)26-20(23-24-25-26)30-14-9-5-2-6-10-14/h1-10,15-18H,11-12H2,(H2,21,22,27). The lowest BCUT2D eigenvalue weighted by molar-refractivity contribution is 0.0613. The monoisotopic (exact) mass is 408 g/mol. The number of aromatic nitrogens is 4. The zero-order chi connectivity index (χ0) is 20.3. The van der Waals surface area contributed by atoms with Crippen LogP contribution in [-0.4, -0.2) is 57.7 Å². The van der Waals surface area contributed by atoms with Gasteiger partial charge in [0.15, 0.2) is 0 Å². The molecule has 2 fully saturated rings. The predicted molar refractivity (Wildman–Crippen MR) is 105 cm³/mol. The molecule has 30 heavy (non-hydrogen) atoms. The van der Waals surface area contributed by atoms with Gasteiger partial charge in [0, 0.05) is 5.69 Å². The third kappa shape index (κ3) is 3.70. The Balaban J connectivity index is 1.24. The second kappa shape index (κ2) is 8.09. The highest BCUT2D eigenvalue weighted by Crippen LogP contribution is 2.36. The summed E-state index contributed by atoms with van der Waals surface area (Å²) in [6.07, 6.45) is -0.598. The first-order chi connectivity index (χ1) is 14.8.